The van der Waals surface area contributed by atoms with Gasteiger partial charge in [-0.2, -0.15) is 0 Å². The van der Waals surface area contributed by atoms with Gasteiger partial charge in [-0.25, -0.2) is 4.98 Å². The maximum absolute atomic E-state index is 12.6. The van der Waals surface area contributed by atoms with Crippen LogP contribution in [0.25, 0.3) is 10.2 Å². The molecule has 3 heterocycles. The van der Waals surface area contributed by atoms with Crippen molar-refractivity contribution in [1.82, 2.24) is 15.6 Å². The van der Waals surface area contributed by atoms with Crippen molar-refractivity contribution in [2.24, 2.45) is 0 Å². The molecule has 1 saturated heterocycles. The summed E-state index contributed by atoms with van der Waals surface area (Å²) in [7, 11) is 1.82. The van der Waals surface area contributed by atoms with E-state index in [1.165, 1.54) is 35.3 Å². The van der Waals surface area contributed by atoms with E-state index in [2.05, 4.69) is 45.2 Å². The fourth-order valence-corrected chi connectivity index (χ4v) is 4.83. The molecule has 2 aromatic heterocycles. The second-order valence-corrected chi connectivity index (χ2v) is 8.41. The van der Waals surface area contributed by atoms with Crippen LogP contribution in [0.15, 0.2) is 36.4 Å². The van der Waals surface area contributed by atoms with Crippen LogP contribution in [0, 0.1) is 0 Å². The van der Waals surface area contributed by atoms with Gasteiger partial charge in [0.25, 0.3) is 5.91 Å². The molecule has 152 valence electrons. The van der Waals surface area contributed by atoms with Gasteiger partial charge in [0.15, 0.2) is 0 Å². The molecule has 0 spiro atoms. The molecule has 3 aromatic rings. The summed E-state index contributed by atoms with van der Waals surface area (Å²) < 4.78 is 0. The Morgan fingerprint density at radius 2 is 1.97 bits per heavy atom. The maximum Gasteiger partial charge on any atom is 0.263 e. The molecule has 6 nitrogen and oxygen atoms in total. The van der Waals surface area contributed by atoms with Gasteiger partial charge in [-0.05, 0) is 61.5 Å². The number of nitrogens with two attached hydrogens (primary N) is 1. The summed E-state index contributed by atoms with van der Waals surface area (Å²) in [5.74, 6) is 1.29. The first kappa shape index (κ1) is 19.7. The maximum atomic E-state index is 12.6. The van der Waals surface area contributed by atoms with Gasteiger partial charge in [-0.1, -0.05) is 24.3 Å². The number of rotatable bonds is 6. The molecular formula is C22H27N5OS. The van der Waals surface area contributed by atoms with Crippen molar-refractivity contribution in [3.8, 4) is 0 Å². The van der Waals surface area contributed by atoms with Gasteiger partial charge >= 0.3 is 0 Å². The van der Waals surface area contributed by atoms with E-state index in [1.54, 1.807) is 0 Å². The quantitative estimate of drug-likeness (QED) is 0.501. The van der Waals surface area contributed by atoms with Crippen LogP contribution in [-0.2, 0) is 6.42 Å². The fourth-order valence-electron chi connectivity index (χ4n) is 3.82. The number of carbonyl (C=O) groups excluding carboxylic acids is 1. The summed E-state index contributed by atoms with van der Waals surface area (Å²) in [6, 6.07) is 12.6. The lowest BCUT2D eigenvalue weighted by Crippen LogP contribution is -2.26. The summed E-state index contributed by atoms with van der Waals surface area (Å²) >= 11 is 1.33. The van der Waals surface area contributed by atoms with E-state index in [1.807, 2.05) is 19.2 Å². The van der Waals surface area contributed by atoms with Crippen molar-refractivity contribution in [3.63, 3.8) is 0 Å². The lowest BCUT2D eigenvalue weighted by molar-refractivity contribution is 0.0959. The number of anilines is 2. The molecule has 1 aliphatic rings. The number of carbonyl (C=O) groups is 1. The highest BCUT2D eigenvalue weighted by Crippen LogP contribution is 2.33. The number of aromatic nitrogens is 1. The Bertz CT molecular complexity index is 992. The number of nitrogens with one attached hydrogen (secondary N) is 3. The SMILES string of the molecule is CNc1ccc2c(N)c(C(=O)NCCc3ccc(C4CCNCC4)cc3)sc2n1. The molecule has 1 fully saturated rings. The first-order chi connectivity index (χ1) is 14.2. The normalized spacial score (nSPS) is 14.8. The average Bonchev–Trinajstić information content (AvgIpc) is 3.10. The number of hydrogen-bond acceptors (Lipinski definition) is 6. The topological polar surface area (TPSA) is 92.1 Å². The van der Waals surface area contributed by atoms with E-state index in [9.17, 15) is 4.79 Å². The standard InChI is InChI=1S/C22H27N5OS/c1-24-18-7-6-17-19(23)20(29-22(17)27-18)21(28)26-13-8-14-2-4-15(5-3-14)16-9-11-25-12-10-16/h2-7,16,25H,8-13,23H2,1H3,(H,24,27)(H,26,28). The minimum atomic E-state index is -0.136. The van der Waals surface area contributed by atoms with Gasteiger partial charge in [0.2, 0.25) is 0 Å². The number of thiophene rings is 1. The molecule has 7 heteroatoms. The molecule has 0 saturated carbocycles. The van der Waals surface area contributed by atoms with E-state index >= 15 is 0 Å². The minimum absolute atomic E-state index is 0.136. The third-order valence-electron chi connectivity index (χ3n) is 5.55. The molecule has 1 aromatic carbocycles. The Kier molecular flexibility index (Phi) is 5.97. The number of nitrogens with zero attached hydrogens (tertiary/aromatic N) is 1. The van der Waals surface area contributed by atoms with Crippen LogP contribution in [0.1, 0.15) is 39.6 Å². The van der Waals surface area contributed by atoms with E-state index in [4.69, 9.17) is 5.73 Å². The lowest BCUT2D eigenvalue weighted by atomic mass is 9.89. The Labute approximate surface area is 174 Å². The lowest BCUT2D eigenvalue weighted by Gasteiger charge is -2.23. The predicted molar refractivity (Wildman–Crippen MR) is 121 cm³/mol. The highest BCUT2D eigenvalue weighted by molar-refractivity contribution is 7.21. The highest BCUT2D eigenvalue weighted by Gasteiger charge is 2.17. The zero-order valence-corrected chi connectivity index (χ0v) is 17.4. The van der Waals surface area contributed by atoms with Crippen molar-refractivity contribution in [3.05, 3.63) is 52.4 Å². The van der Waals surface area contributed by atoms with Crippen molar-refractivity contribution in [2.45, 2.75) is 25.2 Å². The molecule has 4 rings (SSSR count). The second-order valence-electron chi connectivity index (χ2n) is 7.42. The first-order valence-corrected chi connectivity index (χ1v) is 10.9. The smallest absolute Gasteiger partial charge is 0.263 e. The van der Waals surface area contributed by atoms with Crippen molar-refractivity contribution in [1.29, 1.82) is 0 Å². The molecule has 1 aliphatic heterocycles. The number of benzene rings is 1. The van der Waals surface area contributed by atoms with Gasteiger partial charge < -0.3 is 21.7 Å². The van der Waals surface area contributed by atoms with Crippen LogP contribution in [0.5, 0.6) is 0 Å². The monoisotopic (exact) mass is 409 g/mol. The number of fused-ring (bicyclic) bond motifs is 1. The summed E-state index contributed by atoms with van der Waals surface area (Å²) in [5.41, 5.74) is 9.34. The largest absolute Gasteiger partial charge is 0.397 e. The number of nitrogen functional groups attached to an aromatic ring is 1. The summed E-state index contributed by atoms with van der Waals surface area (Å²) in [6.07, 6.45) is 3.21. The zero-order valence-electron chi connectivity index (χ0n) is 16.6. The van der Waals surface area contributed by atoms with Crippen LogP contribution in [-0.4, -0.2) is 37.6 Å². The number of amides is 1. The van der Waals surface area contributed by atoms with Gasteiger partial charge in [0.05, 0.1) is 5.69 Å². The van der Waals surface area contributed by atoms with Gasteiger partial charge in [-0.15, -0.1) is 11.3 Å². The Hall–Kier alpha value is -2.64. The third-order valence-corrected chi connectivity index (χ3v) is 6.66. The molecule has 0 radical (unpaired) electrons. The van der Waals surface area contributed by atoms with E-state index in [0.29, 0.717) is 23.0 Å². The van der Waals surface area contributed by atoms with Crippen LogP contribution in [0.4, 0.5) is 11.5 Å². The van der Waals surface area contributed by atoms with Gasteiger partial charge in [0.1, 0.15) is 15.5 Å². The number of pyridine rings is 1. The number of piperidine rings is 1. The van der Waals surface area contributed by atoms with Crippen molar-refractivity contribution in [2.75, 3.05) is 37.7 Å². The zero-order chi connectivity index (χ0) is 20.2. The van der Waals surface area contributed by atoms with Gasteiger partial charge in [-0.3, -0.25) is 4.79 Å². The van der Waals surface area contributed by atoms with E-state index in [0.717, 1.165) is 35.5 Å². The van der Waals surface area contributed by atoms with E-state index in [-0.39, 0.29) is 5.91 Å². The van der Waals surface area contributed by atoms with Crippen LogP contribution in [0.3, 0.4) is 0 Å². The Morgan fingerprint density at radius 3 is 2.69 bits per heavy atom. The predicted octanol–water partition coefficient (Wildman–Crippen LogP) is 3.36. The fraction of sp³-hybridized carbons (Fsp3) is 0.364. The van der Waals surface area contributed by atoms with Gasteiger partial charge in [0, 0.05) is 19.0 Å². The minimum Gasteiger partial charge on any atom is -0.397 e. The van der Waals surface area contributed by atoms with Crippen molar-refractivity contribution >= 4 is 39.0 Å². The molecule has 0 bridgehead atoms. The summed E-state index contributed by atoms with van der Waals surface area (Å²) in [6.45, 7) is 2.78. The second kappa shape index (κ2) is 8.80. The molecule has 0 aliphatic carbocycles. The molecule has 0 atom stereocenters. The first-order valence-electron chi connectivity index (χ1n) is 10.1. The number of hydrogen-bond donors (Lipinski definition) is 4. The summed E-state index contributed by atoms with van der Waals surface area (Å²) in [5, 5.41) is 10.2. The Morgan fingerprint density at radius 1 is 1.21 bits per heavy atom. The van der Waals surface area contributed by atoms with E-state index < -0.39 is 0 Å². The van der Waals surface area contributed by atoms with Crippen molar-refractivity contribution < 1.29 is 4.79 Å². The van der Waals surface area contributed by atoms with Crippen LogP contribution in [0.2, 0.25) is 0 Å². The third kappa shape index (κ3) is 4.36. The van der Waals surface area contributed by atoms with Crippen LogP contribution >= 0.6 is 11.3 Å². The summed E-state index contributed by atoms with van der Waals surface area (Å²) in [4.78, 5) is 18.4. The Balaban J connectivity index is 1.35. The highest BCUT2D eigenvalue weighted by atomic mass is 32.1. The average molecular weight is 410 g/mol. The van der Waals surface area contributed by atoms with Crippen LogP contribution < -0.4 is 21.7 Å². The molecule has 1 amide bonds. The molecule has 5 N–H and O–H groups in total. The molecular weight excluding hydrogens is 382 g/mol. The molecule has 29 heavy (non-hydrogen) atoms. The molecule has 0 unspecified atom stereocenters.